The number of methoxy groups -OCH3 is 1. The molecule has 2 N–H and O–H groups in total. The van der Waals surface area contributed by atoms with E-state index in [4.69, 9.17) is 4.74 Å². The molecule has 3 heterocycles. The molecular formula is C19H18N4O2. The van der Waals surface area contributed by atoms with Crippen molar-refractivity contribution in [1.82, 2.24) is 9.97 Å². The summed E-state index contributed by atoms with van der Waals surface area (Å²) in [5, 5.41) is 13.9. The molecule has 1 aliphatic rings. The Kier molecular flexibility index (Phi) is 4.03. The molecular weight excluding hydrogens is 316 g/mol. The molecule has 0 amide bonds. The van der Waals surface area contributed by atoms with Crippen LogP contribution in [0.1, 0.15) is 16.7 Å². The van der Waals surface area contributed by atoms with Crippen LogP contribution in [0.3, 0.4) is 0 Å². The quantitative estimate of drug-likeness (QED) is 0.767. The minimum atomic E-state index is -0.107. The Morgan fingerprint density at radius 1 is 1.24 bits per heavy atom. The summed E-state index contributed by atoms with van der Waals surface area (Å²) in [6.07, 6.45) is 4.51. The van der Waals surface area contributed by atoms with Crippen LogP contribution in [0.2, 0.25) is 0 Å². The van der Waals surface area contributed by atoms with Crippen molar-refractivity contribution in [3.05, 3.63) is 53.2 Å². The number of nitrogens with zero attached hydrogens (tertiary/aromatic N) is 3. The Bertz CT molecular complexity index is 969. The van der Waals surface area contributed by atoms with Gasteiger partial charge in [0.05, 0.1) is 19.4 Å². The zero-order chi connectivity index (χ0) is 17.2. The van der Waals surface area contributed by atoms with Gasteiger partial charge in [0.2, 0.25) is 5.88 Å². The lowest BCUT2D eigenvalue weighted by Crippen LogP contribution is -2.05. The molecule has 4 rings (SSSR count). The number of nitrogens with one attached hydrogen (secondary N) is 1. The molecule has 0 spiro atoms. The molecule has 0 aliphatic carbocycles. The predicted octanol–water partition coefficient (Wildman–Crippen LogP) is 2.85. The average Bonchev–Trinajstić information content (AvgIpc) is 2.67. The van der Waals surface area contributed by atoms with Crippen molar-refractivity contribution in [2.45, 2.75) is 13.0 Å². The van der Waals surface area contributed by atoms with Gasteiger partial charge in [0, 0.05) is 41.7 Å². The van der Waals surface area contributed by atoms with Crippen molar-refractivity contribution in [3.8, 4) is 5.88 Å². The van der Waals surface area contributed by atoms with Gasteiger partial charge in [0.15, 0.2) is 5.65 Å². The molecule has 2 aromatic heterocycles. The number of hydrogen-bond acceptors (Lipinski definition) is 6. The summed E-state index contributed by atoms with van der Waals surface area (Å²) in [5.74, 6) is 0.507. The van der Waals surface area contributed by atoms with Crippen molar-refractivity contribution in [2.75, 3.05) is 19.0 Å². The van der Waals surface area contributed by atoms with E-state index in [0.717, 1.165) is 35.3 Å². The molecule has 6 heteroatoms. The Balaban J connectivity index is 1.79. The number of ether oxygens (including phenoxy) is 1. The highest BCUT2D eigenvalue weighted by Gasteiger charge is 2.12. The summed E-state index contributed by atoms with van der Waals surface area (Å²) >= 11 is 0. The minimum Gasteiger partial charge on any atom is -0.481 e. The Labute approximate surface area is 145 Å². The third kappa shape index (κ3) is 2.92. The first kappa shape index (κ1) is 15.5. The summed E-state index contributed by atoms with van der Waals surface area (Å²) < 4.78 is 5.16. The summed E-state index contributed by atoms with van der Waals surface area (Å²) in [7, 11) is 1.57. The normalized spacial score (nSPS) is 12.9. The molecule has 1 aromatic carbocycles. The molecule has 0 atom stereocenters. The zero-order valence-corrected chi connectivity index (χ0v) is 13.9. The fraction of sp³-hybridized carbons (Fsp3) is 0.211. The Morgan fingerprint density at radius 2 is 2.16 bits per heavy atom. The molecule has 126 valence electrons. The number of benzene rings is 1. The number of aliphatic imine (C=N–C) groups is 1. The molecule has 0 fully saturated rings. The van der Waals surface area contributed by atoms with Crippen LogP contribution in [0.15, 0.2) is 41.5 Å². The van der Waals surface area contributed by atoms with E-state index >= 15 is 0 Å². The van der Waals surface area contributed by atoms with Crippen LogP contribution >= 0.6 is 0 Å². The lowest BCUT2D eigenvalue weighted by molar-refractivity contribution is 0.282. The molecule has 0 unspecified atom stereocenters. The van der Waals surface area contributed by atoms with Gasteiger partial charge in [-0.25, -0.2) is 4.98 Å². The smallest absolute Gasteiger partial charge is 0.215 e. The van der Waals surface area contributed by atoms with Crippen molar-refractivity contribution >= 4 is 28.6 Å². The number of pyridine rings is 2. The fourth-order valence-corrected chi connectivity index (χ4v) is 3.00. The molecule has 0 bridgehead atoms. The lowest BCUT2D eigenvalue weighted by atomic mass is 10.0. The van der Waals surface area contributed by atoms with Gasteiger partial charge >= 0.3 is 0 Å². The number of rotatable bonds is 4. The molecule has 6 nitrogen and oxygen atoms in total. The largest absolute Gasteiger partial charge is 0.481 e. The van der Waals surface area contributed by atoms with Gasteiger partial charge in [-0.1, -0.05) is 6.07 Å². The van der Waals surface area contributed by atoms with Crippen molar-refractivity contribution in [3.63, 3.8) is 0 Å². The van der Waals surface area contributed by atoms with Gasteiger partial charge in [-0.3, -0.25) is 4.99 Å². The van der Waals surface area contributed by atoms with E-state index in [-0.39, 0.29) is 6.61 Å². The predicted molar refractivity (Wildman–Crippen MR) is 97.9 cm³/mol. The number of fused-ring (bicyclic) bond motifs is 2. The van der Waals surface area contributed by atoms with E-state index in [0.29, 0.717) is 17.1 Å². The van der Waals surface area contributed by atoms with Crippen LogP contribution < -0.4 is 10.1 Å². The van der Waals surface area contributed by atoms with Gasteiger partial charge in [-0.2, -0.15) is 4.98 Å². The highest BCUT2D eigenvalue weighted by molar-refractivity contribution is 5.93. The maximum atomic E-state index is 9.70. The summed E-state index contributed by atoms with van der Waals surface area (Å²) in [6, 6.07) is 9.92. The van der Waals surface area contributed by atoms with E-state index in [9.17, 15) is 5.11 Å². The second kappa shape index (κ2) is 6.49. The third-order valence-electron chi connectivity index (χ3n) is 4.32. The highest BCUT2D eigenvalue weighted by Crippen LogP contribution is 2.30. The molecule has 3 aromatic rings. The topological polar surface area (TPSA) is 79.6 Å². The first-order valence-electron chi connectivity index (χ1n) is 8.12. The van der Waals surface area contributed by atoms with Crippen molar-refractivity contribution < 1.29 is 9.84 Å². The van der Waals surface area contributed by atoms with Crippen LogP contribution in [0.4, 0.5) is 11.4 Å². The zero-order valence-electron chi connectivity index (χ0n) is 13.9. The van der Waals surface area contributed by atoms with Crippen LogP contribution in [0.25, 0.3) is 11.0 Å². The Morgan fingerprint density at radius 3 is 3.00 bits per heavy atom. The molecule has 0 radical (unpaired) electrons. The SMILES string of the molecule is COc1ccc2c(Nc3ccc4c(c3)C=NCC4)c(CO)cnc2n1. The lowest BCUT2D eigenvalue weighted by Gasteiger charge is -2.16. The van der Waals surface area contributed by atoms with Crippen LogP contribution in [0, 0.1) is 0 Å². The monoisotopic (exact) mass is 334 g/mol. The van der Waals surface area contributed by atoms with E-state index in [1.165, 1.54) is 5.56 Å². The highest BCUT2D eigenvalue weighted by atomic mass is 16.5. The van der Waals surface area contributed by atoms with Gasteiger partial charge in [0.1, 0.15) is 0 Å². The third-order valence-corrected chi connectivity index (χ3v) is 4.32. The van der Waals surface area contributed by atoms with Crippen molar-refractivity contribution in [2.24, 2.45) is 4.99 Å². The number of aliphatic hydroxyl groups excluding tert-OH is 1. The fourth-order valence-electron chi connectivity index (χ4n) is 3.00. The van der Waals surface area contributed by atoms with E-state index in [1.54, 1.807) is 19.4 Å². The second-order valence-electron chi connectivity index (χ2n) is 5.87. The first-order valence-corrected chi connectivity index (χ1v) is 8.12. The number of anilines is 2. The standard InChI is InChI=1S/C19H18N4O2/c1-25-17-5-4-16-18(14(11-24)10-21-19(16)23-17)22-15-3-2-12-6-7-20-9-13(12)8-15/h2-5,8-10,24H,6-7,11H2,1H3,(H,21,22,23). The second-order valence-corrected chi connectivity index (χ2v) is 5.87. The Hall–Kier alpha value is -2.99. The molecule has 0 saturated carbocycles. The summed E-state index contributed by atoms with van der Waals surface area (Å²) in [5.41, 5.74) is 5.44. The van der Waals surface area contributed by atoms with Gasteiger partial charge in [-0.15, -0.1) is 0 Å². The molecule has 25 heavy (non-hydrogen) atoms. The van der Waals surface area contributed by atoms with E-state index in [2.05, 4.69) is 32.4 Å². The van der Waals surface area contributed by atoms with Crippen LogP contribution in [0.5, 0.6) is 5.88 Å². The van der Waals surface area contributed by atoms with E-state index < -0.39 is 0 Å². The maximum Gasteiger partial charge on any atom is 0.215 e. The number of aliphatic hydroxyl groups is 1. The van der Waals surface area contributed by atoms with Gasteiger partial charge in [0.25, 0.3) is 0 Å². The van der Waals surface area contributed by atoms with Gasteiger partial charge in [-0.05, 0) is 35.7 Å². The first-order chi connectivity index (χ1) is 12.3. The van der Waals surface area contributed by atoms with Crippen LogP contribution in [-0.2, 0) is 13.0 Å². The van der Waals surface area contributed by atoms with Gasteiger partial charge < -0.3 is 15.2 Å². The maximum absolute atomic E-state index is 9.70. The minimum absolute atomic E-state index is 0.107. The summed E-state index contributed by atoms with van der Waals surface area (Å²) in [6.45, 7) is 0.737. The van der Waals surface area contributed by atoms with Crippen LogP contribution in [-0.4, -0.2) is 34.9 Å². The van der Waals surface area contributed by atoms with E-state index in [1.807, 2.05) is 18.3 Å². The molecule has 1 aliphatic heterocycles. The number of hydrogen-bond donors (Lipinski definition) is 2. The summed E-state index contributed by atoms with van der Waals surface area (Å²) in [4.78, 5) is 13.0. The molecule has 0 saturated heterocycles. The van der Waals surface area contributed by atoms with Crippen molar-refractivity contribution in [1.29, 1.82) is 0 Å². The number of aromatic nitrogens is 2. The average molecular weight is 334 g/mol.